The van der Waals surface area contributed by atoms with Crippen LogP contribution in [0.15, 0.2) is 12.3 Å². The summed E-state index contributed by atoms with van der Waals surface area (Å²) < 4.78 is 0. The second kappa shape index (κ2) is 3.99. The Balaban J connectivity index is 2.72. The Bertz CT molecular complexity index is 311. The normalized spacial score (nSPS) is 11.7. The van der Waals surface area contributed by atoms with Crippen LogP contribution in [-0.2, 0) is 6.42 Å². The third kappa shape index (κ3) is 3.36. The molecule has 2 nitrogen and oxygen atoms in total. The van der Waals surface area contributed by atoms with Gasteiger partial charge in [0.05, 0.1) is 0 Å². The molecule has 0 aliphatic carbocycles. The van der Waals surface area contributed by atoms with E-state index in [1.165, 1.54) is 11.1 Å². The van der Waals surface area contributed by atoms with Crippen molar-refractivity contribution in [2.45, 2.75) is 40.5 Å². The van der Waals surface area contributed by atoms with Crippen molar-refractivity contribution in [3.63, 3.8) is 0 Å². The summed E-state index contributed by atoms with van der Waals surface area (Å²) in [6.45, 7) is 8.78. The van der Waals surface area contributed by atoms with Crippen molar-refractivity contribution in [1.82, 2.24) is 4.98 Å². The van der Waals surface area contributed by atoms with E-state index >= 15 is 0 Å². The number of aryl methyl sites for hydroxylation is 2. The van der Waals surface area contributed by atoms with E-state index in [2.05, 4.69) is 31.8 Å². The van der Waals surface area contributed by atoms with Gasteiger partial charge in [-0.15, -0.1) is 0 Å². The average molecular weight is 192 g/mol. The predicted octanol–water partition coefficient (Wildman–Crippen LogP) is 2.95. The SMILES string of the molecule is Cc1cnc(N)c(CCC(C)(C)C)c1. The Labute approximate surface area is 86.5 Å². The molecule has 1 heterocycles. The van der Waals surface area contributed by atoms with E-state index in [-0.39, 0.29) is 0 Å². The van der Waals surface area contributed by atoms with Crippen LogP contribution in [0.3, 0.4) is 0 Å². The molecule has 1 aromatic heterocycles. The molecule has 0 saturated carbocycles. The van der Waals surface area contributed by atoms with Gasteiger partial charge >= 0.3 is 0 Å². The van der Waals surface area contributed by atoms with Crippen LogP contribution in [0.5, 0.6) is 0 Å². The second-order valence-corrected chi connectivity index (χ2v) is 5.12. The quantitative estimate of drug-likeness (QED) is 0.782. The van der Waals surface area contributed by atoms with Gasteiger partial charge in [-0.2, -0.15) is 0 Å². The van der Waals surface area contributed by atoms with E-state index in [0.29, 0.717) is 11.2 Å². The third-order valence-electron chi connectivity index (χ3n) is 2.28. The first-order valence-electron chi connectivity index (χ1n) is 5.09. The highest BCUT2D eigenvalue weighted by atomic mass is 14.8. The lowest BCUT2D eigenvalue weighted by molar-refractivity contribution is 0.378. The molecule has 0 fully saturated rings. The van der Waals surface area contributed by atoms with Gasteiger partial charge in [-0.05, 0) is 36.3 Å². The standard InChI is InChI=1S/C12H20N2/c1-9-7-10(11(13)14-8-9)5-6-12(2,3)4/h7-8H,5-6H2,1-4H3,(H2,13,14). The Hall–Kier alpha value is -1.05. The van der Waals surface area contributed by atoms with Gasteiger partial charge in [0.1, 0.15) is 5.82 Å². The monoisotopic (exact) mass is 192 g/mol. The lowest BCUT2D eigenvalue weighted by atomic mass is 9.88. The van der Waals surface area contributed by atoms with E-state index in [9.17, 15) is 0 Å². The minimum Gasteiger partial charge on any atom is -0.383 e. The highest BCUT2D eigenvalue weighted by Gasteiger charge is 2.11. The van der Waals surface area contributed by atoms with Gasteiger partial charge in [-0.3, -0.25) is 0 Å². The fourth-order valence-electron chi connectivity index (χ4n) is 1.35. The molecule has 0 aliphatic heterocycles. The average Bonchev–Trinajstić information content (AvgIpc) is 2.05. The van der Waals surface area contributed by atoms with Gasteiger partial charge in [0.2, 0.25) is 0 Å². The maximum atomic E-state index is 5.81. The molecule has 0 spiro atoms. The van der Waals surface area contributed by atoms with Crippen LogP contribution in [0.2, 0.25) is 0 Å². The maximum absolute atomic E-state index is 5.81. The first-order chi connectivity index (χ1) is 6.38. The van der Waals surface area contributed by atoms with Gasteiger partial charge in [0, 0.05) is 6.20 Å². The molecule has 14 heavy (non-hydrogen) atoms. The van der Waals surface area contributed by atoms with Crippen molar-refractivity contribution in [2.75, 3.05) is 5.73 Å². The lowest BCUT2D eigenvalue weighted by Crippen LogP contribution is -2.08. The van der Waals surface area contributed by atoms with Gasteiger partial charge in [-0.25, -0.2) is 4.98 Å². The van der Waals surface area contributed by atoms with Crippen molar-refractivity contribution in [3.05, 3.63) is 23.4 Å². The van der Waals surface area contributed by atoms with Crippen molar-refractivity contribution in [3.8, 4) is 0 Å². The fraction of sp³-hybridized carbons (Fsp3) is 0.583. The summed E-state index contributed by atoms with van der Waals surface area (Å²) in [6.07, 6.45) is 3.97. The molecular formula is C12H20N2. The molecule has 0 amide bonds. The lowest BCUT2D eigenvalue weighted by Gasteiger charge is -2.18. The predicted molar refractivity (Wildman–Crippen MR) is 61.2 cm³/mol. The number of hydrogen-bond donors (Lipinski definition) is 1. The number of rotatable bonds is 2. The van der Waals surface area contributed by atoms with Gasteiger partial charge in [0.15, 0.2) is 0 Å². The molecule has 2 heteroatoms. The van der Waals surface area contributed by atoms with Gasteiger partial charge < -0.3 is 5.73 Å². The summed E-state index contributed by atoms with van der Waals surface area (Å²) in [4.78, 5) is 4.16. The van der Waals surface area contributed by atoms with Crippen LogP contribution in [0, 0.1) is 12.3 Å². The van der Waals surface area contributed by atoms with Crippen molar-refractivity contribution in [2.24, 2.45) is 5.41 Å². The Morgan fingerprint density at radius 2 is 2.00 bits per heavy atom. The van der Waals surface area contributed by atoms with Crippen LogP contribution in [0.1, 0.15) is 38.3 Å². The van der Waals surface area contributed by atoms with Crippen molar-refractivity contribution >= 4 is 5.82 Å². The molecule has 1 rings (SSSR count). The topological polar surface area (TPSA) is 38.9 Å². The largest absolute Gasteiger partial charge is 0.383 e. The summed E-state index contributed by atoms with van der Waals surface area (Å²) in [5, 5.41) is 0. The second-order valence-electron chi connectivity index (χ2n) is 5.12. The third-order valence-corrected chi connectivity index (χ3v) is 2.28. The number of pyridine rings is 1. The molecular weight excluding hydrogens is 172 g/mol. The van der Waals surface area contributed by atoms with E-state index in [0.717, 1.165) is 12.8 Å². The van der Waals surface area contributed by atoms with E-state index in [4.69, 9.17) is 5.73 Å². The molecule has 0 saturated heterocycles. The number of anilines is 1. The molecule has 0 unspecified atom stereocenters. The summed E-state index contributed by atoms with van der Waals surface area (Å²) in [5.74, 6) is 0.680. The van der Waals surface area contributed by atoms with Gasteiger partial charge in [0.25, 0.3) is 0 Å². The molecule has 0 aliphatic rings. The zero-order valence-corrected chi connectivity index (χ0v) is 9.59. The number of nitrogens with zero attached hydrogens (tertiary/aromatic N) is 1. The zero-order chi connectivity index (χ0) is 10.8. The minimum atomic E-state index is 0.357. The molecule has 0 radical (unpaired) electrons. The minimum absolute atomic E-state index is 0.357. The number of nitrogen functional groups attached to an aromatic ring is 1. The first-order valence-corrected chi connectivity index (χ1v) is 5.09. The van der Waals surface area contributed by atoms with E-state index in [1.54, 1.807) is 0 Å². The molecule has 1 aromatic rings. The molecule has 78 valence electrons. The van der Waals surface area contributed by atoms with Crippen LogP contribution in [0.25, 0.3) is 0 Å². The number of hydrogen-bond acceptors (Lipinski definition) is 2. The maximum Gasteiger partial charge on any atom is 0.126 e. The first kappa shape index (κ1) is 11.0. The molecule has 2 N–H and O–H groups in total. The summed E-state index contributed by atoms with van der Waals surface area (Å²) in [6, 6.07) is 2.13. The van der Waals surface area contributed by atoms with Crippen LogP contribution in [-0.4, -0.2) is 4.98 Å². The Morgan fingerprint density at radius 3 is 2.57 bits per heavy atom. The number of aromatic nitrogens is 1. The highest BCUT2D eigenvalue weighted by molar-refractivity contribution is 5.40. The van der Waals surface area contributed by atoms with E-state index < -0.39 is 0 Å². The van der Waals surface area contributed by atoms with Crippen LogP contribution in [0.4, 0.5) is 5.82 Å². The summed E-state index contributed by atoms with van der Waals surface area (Å²) >= 11 is 0. The molecule has 0 aromatic carbocycles. The number of nitrogens with two attached hydrogens (primary N) is 1. The van der Waals surface area contributed by atoms with Crippen LogP contribution < -0.4 is 5.73 Å². The van der Waals surface area contributed by atoms with E-state index in [1.807, 2.05) is 13.1 Å². The molecule has 0 bridgehead atoms. The smallest absolute Gasteiger partial charge is 0.126 e. The summed E-state index contributed by atoms with van der Waals surface area (Å²) in [7, 11) is 0. The fourth-order valence-corrected chi connectivity index (χ4v) is 1.35. The van der Waals surface area contributed by atoms with Crippen molar-refractivity contribution < 1.29 is 0 Å². The Morgan fingerprint density at radius 1 is 1.36 bits per heavy atom. The highest BCUT2D eigenvalue weighted by Crippen LogP contribution is 2.23. The zero-order valence-electron chi connectivity index (χ0n) is 9.59. The summed E-state index contributed by atoms with van der Waals surface area (Å²) in [5.41, 5.74) is 8.53. The van der Waals surface area contributed by atoms with Crippen molar-refractivity contribution in [1.29, 1.82) is 0 Å². The van der Waals surface area contributed by atoms with Crippen LogP contribution >= 0.6 is 0 Å². The molecule has 0 atom stereocenters. The van der Waals surface area contributed by atoms with Gasteiger partial charge in [-0.1, -0.05) is 26.8 Å². The Kier molecular flexibility index (Phi) is 3.14.